The van der Waals surface area contributed by atoms with Crippen molar-refractivity contribution in [1.29, 1.82) is 0 Å². The van der Waals surface area contributed by atoms with Crippen LogP contribution in [0.4, 0.5) is 0 Å². The van der Waals surface area contributed by atoms with Gasteiger partial charge in [0.05, 0.1) is 18.0 Å². The first kappa shape index (κ1) is 9.92. The molecule has 0 aliphatic heterocycles. The van der Waals surface area contributed by atoms with Crippen LogP contribution < -0.4 is 5.32 Å². The summed E-state index contributed by atoms with van der Waals surface area (Å²) in [6.07, 6.45) is 5.43. The summed E-state index contributed by atoms with van der Waals surface area (Å²) in [4.78, 5) is 0. The van der Waals surface area contributed by atoms with E-state index >= 15 is 0 Å². The smallest absolute Gasteiger partial charge is 0.174 e. The molecular weight excluding hydrogens is 192 g/mol. The van der Waals surface area contributed by atoms with Crippen LogP contribution in [0.2, 0.25) is 0 Å². The van der Waals surface area contributed by atoms with Gasteiger partial charge in [0.15, 0.2) is 5.76 Å². The molecule has 2 rings (SSSR count). The highest BCUT2D eigenvalue weighted by molar-refractivity contribution is 5.58. The highest BCUT2D eigenvalue weighted by Crippen LogP contribution is 2.22. The van der Waals surface area contributed by atoms with Gasteiger partial charge in [-0.05, 0) is 6.54 Å². The molecule has 0 aromatic carbocycles. The monoisotopic (exact) mass is 206 g/mol. The van der Waals surface area contributed by atoms with Gasteiger partial charge in [0.25, 0.3) is 0 Å². The molecule has 0 aliphatic carbocycles. The van der Waals surface area contributed by atoms with Gasteiger partial charge in [-0.2, -0.15) is 5.10 Å². The van der Waals surface area contributed by atoms with Crippen molar-refractivity contribution in [3.63, 3.8) is 0 Å². The van der Waals surface area contributed by atoms with Crippen molar-refractivity contribution in [3.05, 3.63) is 24.2 Å². The molecule has 15 heavy (non-hydrogen) atoms. The molecular formula is C10H14N4O. The standard InChI is InChI=1S/C10H14N4O/c1-3-11-4-8-6-13-15-10(8)9-5-12-14(2)7-9/h5-7,11H,3-4H2,1-2H3. The van der Waals surface area contributed by atoms with Gasteiger partial charge in [-0.25, -0.2) is 0 Å². The van der Waals surface area contributed by atoms with Crippen molar-refractivity contribution in [2.24, 2.45) is 7.05 Å². The summed E-state index contributed by atoms with van der Waals surface area (Å²) in [7, 11) is 1.88. The molecule has 5 nitrogen and oxygen atoms in total. The van der Waals surface area contributed by atoms with Crippen molar-refractivity contribution in [1.82, 2.24) is 20.3 Å². The average molecular weight is 206 g/mol. The second kappa shape index (κ2) is 4.27. The third-order valence-electron chi connectivity index (χ3n) is 2.18. The number of aryl methyl sites for hydroxylation is 1. The Labute approximate surface area is 88.1 Å². The molecule has 2 aromatic heterocycles. The zero-order valence-electron chi connectivity index (χ0n) is 8.90. The minimum Gasteiger partial charge on any atom is -0.356 e. The van der Waals surface area contributed by atoms with Crippen LogP contribution in [0.3, 0.4) is 0 Å². The first-order valence-corrected chi connectivity index (χ1v) is 4.94. The number of aromatic nitrogens is 3. The van der Waals surface area contributed by atoms with Crippen molar-refractivity contribution in [2.45, 2.75) is 13.5 Å². The van der Waals surface area contributed by atoms with Crippen LogP contribution in [-0.2, 0) is 13.6 Å². The first-order valence-electron chi connectivity index (χ1n) is 4.94. The lowest BCUT2D eigenvalue weighted by Gasteiger charge is -1.98. The maximum Gasteiger partial charge on any atom is 0.174 e. The SMILES string of the molecule is CCNCc1cnoc1-c1cnn(C)c1. The molecule has 0 aliphatic rings. The molecule has 0 saturated heterocycles. The van der Waals surface area contributed by atoms with E-state index in [9.17, 15) is 0 Å². The highest BCUT2D eigenvalue weighted by Gasteiger charge is 2.11. The molecule has 0 bridgehead atoms. The Balaban J connectivity index is 2.24. The van der Waals surface area contributed by atoms with Crippen LogP contribution in [-0.4, -0.2) is 21.5 Å². The number of nitrogens with one attached hydrogen (secondary N) is 1. The minimum atomic E-state index is 0.768. The van der Waals surface area contributed by atoms with Gasteiger partial charge >= 0.3 is 0 Å². The maximum absolute atomic E-state index is 5.22. The summed E-state index contributed by atoms with van der Waals surface area (Å²) < 4.78 is 6.96. The van der Waals surface area contributed by atoms with Crippen molar-refractivity contribution in [2.75, 3.05) is 6.54 Å². The number of rotatable bonds is 4. The van der Waals surface area contributed by atoms with E-state index in [0.29, 0.717) is 0 Å². The fraction of sp³-hybridized carbons (Fsp3) is 0.400. The van der Waals surface area contributed by atoms with E-state index in [1.807, 2.05) is 13.2 Å². The van der Waals surface area contributed by atoms with Crippen LogP contribution in [0.5, 0.6) is 0 Å². The Hall–Kier alpha value is -1.62. The summed E-state index contributed by atoms with van der Waals surface area (Å²) >= 11 is 0. The predicted molar refractivity (Wildman–Crippen MR) is 56.1 cm³/mol. The topological polar surface area (TPSA) is 55.9 Å². The summed E-state index contributed by atoms with van der Waals surface area (Å²) in [5.74, 6) is 0.795. The lowest BCUT2D eigenvalue weighted by Crippen LogP contribution is -2.11. The quantitative estimate of drug-likeness (QED) is 0.816. The van der Waals surface area contributed by atoms with Crippen LogP contribution in [0.25, 0.3) is 11.3 Å². The van der Waals surface area contributed by atoms with Gasteiger partial charge < -0.3 is 9.84 Å². The second-order valence-corrected chi connectivity index (χ2v) is 3.36. The minimum absolute atomic E-state index is 0.768. The van der Waals surface area contributed by atoms with Crippen LogP contribution in [0.15, 0.2) is 23.1 Å². The third kappa shape index (κ3) is 2.07. The van der Waals surface area contributed by atoms with E-state index in [4.69, 9.17) is 4.52 Å². The van der Waals surface area contributed by atoms with Crippen LogP contribution in [0, 0.1) is 0 Å². The van der Waals surface area contributed by atoms with Crippen LogP contribution in [0.1, 0.15) is 12.5 Å². The van der Waals surface area contributed by atoms with E-state index < -0.39 is 0 Å². The maximum atomic E-state index is 5.22. The summed E-state index contributed by atoms with van der Waals surface area (Å²) in [5.41, 5.74) is 2.02. The second-order valence-electron chi connectivity index (χ2n) is 3.36. The predicted octanol–water partition coefficient (Wildman–Crippen LogP) is 1.18. The van der Waals surface area contributed by atoms with Crippen molar-refractivity contribution < 1.29 is 4.52 Å². The molecule has 2 aromatic rings. The molecule has 2 heterocycles. The zero-order chi connectivity index (χ0) is 10.7. The summed E-state index contributed by atoms with van der Waals surface area (Å²) in [6.45, 7) is 3.76. The molecule has 0 atom stereocenters. The Kier molecular flexibility index (Phi) is 2.82. The Morgan fingerprint density at radius 2 is 2.33 bits per heavy atom. The van der Waals surface area contributed by atoms with E-state index in [2.05, 4.69) is 22.5 Å². The lowest BCUT2D eigenvalue weighted by molar-refractivity contribution is 0.431. The van der Waals surface area contributed by atoms with Gasteiger partial charge in [-0.3, -0.25) is 4.68 Å². The largest absolute Gasteiger partial charge is 0.356 e. The highest BCUT2D eigenvalue weighted by atomic mass is 16.5. The van der Waals surface area contributed by atoms with Gasteiger partial charge in [0.2, 0.25) is 0 Å². The Morgan fingerprint density at radius 3 is 3.00 bits per heavy atom. The summed E-state index contributed by atoms with van der Waals surface area (Å²) in [5, 5.41) is 11.2. The number of hydrogen-bond acceptors (Lipinski definition) is 4. The lowest BCUT2D eigenvalue weighted by atomic mass is 10.2. The van der Waals surface area contributed by atoms with Gasteiger partial charge in [0, 0.05) is 25.4 Å². The number of hydrogen-bond donors (Lipinski definition) is 1. The summed E-state index contributed by atoms with van der Waals surface area (Å²) in [6, 6.07) is 0. The molecule has 1 N–H and O–H groups in total. The van der Waals surface area contributed by atoms with E-state index in [1.165, 1.54) is 0 Å². The molecule has 0 unspecified atom stereocenters. The Bertz CT molecular complexity index is 432. The zero-order valence-corrected chi connectivity index (χ0v) is 8.90. The third-order valence-corrected chi connectivity index (χ3v) is 2.18. The van der Waals surface area contributed by atoms with Crippen molar-refractivity contribution >= 4 is 0 Å². The first-order chi connectivity index (χ1) is 7.31. The molecule has 0 spiro atoms. The Morgan fingerprint density at radius 1 is 1.47 bits per heavy atom. The van der Waals surface area contributed by atoms with E-state index in [1.54, 1.807) is 17.1 Å². The average Bonchev–Trinajstić information content (AvgIpc) is 2.82. The molecule has 0 amide bonds. The van der Waals surface area contributed by atoms with Gasteiger partial charge in [-0.15, -0.1) is 0 Å². The molecule has 0 saturated carbocycles. The normalized spacial score (nSPS) is 10.8. The fourth-order valence-electron chi connectivity index (χ4n) is 1.42. The van der Waals surface area contributed by atoms with E-state index in [-0.39, 0.29) is 0 Å². The van der Waals surface area contributed by atoms with Gasteiger partial charge in [-0.1, -0.05) is 12.1 Å². The molecule has 0 radical (unpaired) electrons. The van der Waals surface area contributed by atoms with Gasteiger partial charge in [0.1, 0.15) is 0 Å². The van der Waals surface area contributed by atoms with E-state index in [0.717, 1.165) is 30.0 Å². The van der Waals surface area contributed by atoms with Crippen molar-refractivity contribution in [3.8, 4) is 11.3 Å². The molecule has 80 valence electrons. The number of nitrogens with zero attached hydrogens (tertiary/aromatic N) is 3. The molecule has 0 fully saturated rings. The fourth-order valence-corrected chi connectivity index (χ4v) is 1.42. The molecule has 5 heteroatoms. The van der Waals surface area contributed by atoms with Crippen LogP contribution >= 0.6 is 0 Å².